The molecule has 0 amide bonds. The molecule has 120 valence electrons. The maximum absolute atomic E-state index is 10.7. The standard InChI is InChI=1S/C20H28O2/c1-12(2)13-6-7-15-14(10-13)16(21)11-17-19(3,4)18(22)8-9-20(15,17)5/h6-7,10-12,16,18,21-22H,8-9H2,1-5H3/t16?,18?,20-/m1/s1. The molecule has 0 spiro atoms. The van der Waals surface area contributed by atoms with E-state index in [2.05, 4.69) is 52.8 Å². The summed E-state index contributed by atoms with van der Waals surface area (Å²) in [7, 11) is 0. The van der Waals surface area contributed by atoms with Gasteiger partial charge in [-0.1, -0.05) is 64.5 Å². The molecule has 1 fully saturated rings. The molecule has 0 bridgehead atoms. The van der Waals surface area contributed by atoms with E-state index in [4.69, 9.17) is 0 Å². The molecule has 2 unspecified atom stereocenters. The lowest BCUT2D eigenvalue weighted by molar-refractivity contribution is 0.0257. The van der Waals surface area contributed by atoms with Gasteiger partial charge in [0, 0.05) is 10.8 Å². The molecule has 0 heterocycles. The van der Waals surface area contributed by atoms with Gasteiger partial charge in [0.05, 0.1) is 12.2 Å². The Morgan fingerprint density at radius 1 is 1.14 bits per heavy atom. The zero-order valence-corrected chi connectivity index (χ0v) is 14.4. The number of benzene rings is 1. The molecule has 0 saturated heterocycles. The molecule has 2 nitrogen and oxygen atoms in total. The summed E-state index contributed by atoms with van der Waals surface area (Å²) < 4.78 is 0. The maximum Gasteiger partial charge on any atom is 0.0978 e. The molecule has 1 aromatic rings. The SMILES string of the molecule is CC(C)c1ccc2c(c1)C(O)C=C1C(C)(C)C(O)CC[C@@]12C. The number of rotatable bonds is 1. The lowest BCUT2D eigenvalue weighted by Crippen LogP contribution is -2.47. The van der Waals surface area contributed by atoms with E-state index in [9.17, 15) is 10.2 Å². The predicted octanol–water partition coefficient (Wildman–Crippen LogP) is 4.22. The summed E-state index contributed by atoms with van der Waals surface area (Å²) in [4.78, 5) is 0. The zero-order chi connectivity index (χ0) is 16.3. The average Bonchev–Trinajstić information content (AvgIpc) is 2.46. The zero-order valence-electron chi connectivity index (χ0n) is 14.4. The highest BCUT2D eigenvalue weighted by Crippen LogP contribution is 2.56. The molecule has 1 saturated carbocycles. The van der Waals surface area contributed by atoms with Crippen LogP contribution in [0.1, 0.15) is 76.2 Å². The third-order valence-corrected chi connectivity index (χ3v) is 6.02. The van der Waals surface area contributed by atoms with Gasteiger partial charge < -0.3 is 10.2 Å². The molecule has 0 aliphatic heterocycles. The van der Waals surface area contributed by atoms with E-state index >= 15 is 0 Å². The van der Waals surface area contributed by atoms with Gasteiger partial charge in [0.2, 0.25) is 0 Å². The Balaban J connectivity index is 2.17. The predicted molar refractivity (Wildman–Crippen MR) is 89.9 cm³/mol. The van der Waals surface area contributed by atoms with Gasteiger partial charge in [0.15, 0.2) is 0 Å². The Bertz CT molecular complexity index is 627. The van der Waals surface area contributed by atoms with Crippen molar-refractivity contribution in [2.75, 3.05) is 0 Å². The second-order valence-corrected chi connectivity index (χ2v) is 8.13. The first-order chi connectivity index (χ1) is 10.2. The van der Waals surface area contributed by atoms with E-state index in [0.717, 1.165) is 18.4 Å². The highest BCUT2D eigenvalue weighted by molar-refractivity contribution is 5.52. The average molecular weight is 300 g/mol. The second kappa shape index (κ2) is 4.94. The van der Waals surface area contributed by atoms with Crippen LogP contribution in [0.2, 0.25) is 0 Å². The molecular formula is C20H28O2. The number of hydrogen-bond acceptors (Lipinski definition) is 2. The highest BCUT2D eigenvalue weighted by Gasteiger charge is 2.50. The summed E-state index contributed by atoms with van der Waals surface area (Å²) in [6, 6.07) is 6.57. The molecule has 2 heteroatoms. The van der Waals surface area contributed by atoms with Crippen LogP contribution >= 0.6 is 0 Å². The van der Waals surface area contributed by atoms with E-state index in [-0.39, 0.29) is 16.9 Å². The van der Waals surface area contributed by atoms with Crippen molar-refractivity contribution in [1.82, 2.24) is 0 Å². The van der Waals surface area contributed by atoms with Crippen molar-refractivity contribution in [3.63, 3.8) is 0 Å². The quantitative estimate of drug-likeness (QED) is 0.762. The summed E-state index contributed by atoms with van der Waals surface area (Å²) in [5.41, 5.74) is 4.38. The molecule has 2 aliphatic carbocycles. The van der Waals surface area contributed by atoms with E-state index in [1.165, 1.54) is 16.7 Å². The van der Waals surface area contributed by atoms with Crippen LogP contribution in [0, 0.1) is 5.41 Å². The van der Waals surface area contributed by atoms with E-state index in [1.54, 1.807) is 0 Å². The van der Waals surface area contributed by atoms with Crippen LogP contribution in [-0.4, -0.2) is 16.3 Å². The molecule has 1 aromatic carbocycles. The first kappa shape index (κ1) is 15.8. The Labute approximate surface area is 133 Å². The van der Waals surface area contributed by atoms with Gasteiger partial charge in [-0.3, -0.25) is 0 Å². The molecule has 2 N–H and O–H groups in total. The van der Waals surface area contributed by atoms with Crippen LogP contribution in [0.4, 0.5) is 0 Å². The van der Waals surface area contributed by atoms with Crippen molar-refractivity contribution >= 4 is 0 Å². The van der Waals surface area contributed by atoms with Crippen LogP contribution in [0.3, 0.4) is 0 Å². The fourth-order valence-corrected chi connectivity index (χ4v) is 4.43. The highest BCUT2D eigenvalue weighted by atomic mass is 16.3. The minimum Gasteiger partial charge on any atom is -0.392 e. The summed E-state index contributed by atoms with van der Waals surface area (Å²) in [5.74, 6) is 0.459. The summed E-state index contributed by atoms with van der Waals surface area (Å²) in [6.45, 7) is 10.8. The van der Waals surface area contributed by atoms with Crippen molar-refractivity contribution in [1.29, 1.82) is 0 Å². The van der Waals surface area contributed by atoms with Gasteiger partial charge in [0.1, 0.15) is 0 Å². The molecule has 0 aromatic heterocycles. The fraction of sp³-hybridized carbons (Fsp3) is 0.600. The van der Waals surface area contributed by atoms with Gasteiger partial charge >= 0.3 is 0 Å². The number of aliphatic hydroxyl groups excluding tert-OH is 2. The lowest BCUT2D eigenvalue weighted by atomic mass is 9.54. The van der Waals surface area contributed by atoms with E-state index in [1.807, 2.05) is 6.08 Å². The minimum absolute atomic E-state index is 0.0766. The first-order valence-corrected chi connectivity index (χ1v) is 8.41. The topological polar surface area (TPSA) is 40.5 Å². The normalized spacial score (nSPS) is 33.2. The van der Waals surface area contributed by atoms with Gasteiger partial charge in [-0.15, -0.1) is 0 Å². The van der Waals surface area contributed by atoms with Crippen molar-refractivity contribution in [2.24, 2.45) is 5.41 Å². The lowest BCUT2D eigenvalue weighted by Gasteiger charge is -2.52. The Kier molecular flexibility index (Phi) is 3.54. The third-order valence-electron chi connectivity index (χ3n) is 6.02. The number of aliphatic hydroxyl groups is 2. The summed E-state index contributed by atoms with van der Waals surface area (Å²) >= 11 is 0. The smallest absolute Gasteiger partial charge is 0.0978 e. The first-order valence-electron chi connectivity index (χ1n) is 8.41. The monoisotopic (exact) mass is 300 g/mol. The van der Waals surface area contributed by atoms with Crippen molar-refractivity contribution in [3.05, 3.63) is 46.5 Å². The molecule has 3 atom stereocenters. The number of hydrogen-bond donors (Lipinski definition) is 2. The van der Waals surface area contributed by atoms with Gasteiger partial charge in [-0.05, 0) is 35.4 Å². The summed E-state index contributed by atoms with van der Waals surface area (Å²) in [6.07, 6.45) is 2.83. The van der Waals surface area contributed by atoms with Crippen molar-refractivity contribution in [3.8, 4) is 0 Å². The third kappa shape index (κ3) is 2.08. The van der Waals surface area contributed by atoms with Crippen molar-refractivity contribution in [2.45, 2.75) is 71.0 Å². The van der Waals surface area contributed by atoms with E-state index < -0.39 is 6.10 Å². The Morgan fingerprint density at radius 2 is 1.82 bits per heavy atom. The minimum atomic E-state index is -0.568. The Hall–Kier alpha value is -1.12. The Morgan fingerprint density at radius 3 is 2.45 bits per heavy atom. The van der Waals surface area contributed by atoms with Gasteiger partial charge in [-0.2, -0.15) is 0 Å². The van der Waals surface area contributed by atoms with Crippen LogP contribution in [0.15, 0.2) is 29.8 Å². The second-order valence-electron chi connectivity index (χ2n) is 8.13. The van der Waals surface area contributed by atoms with Crippen LogP contribution in [-0.2, 0) is 5.41 Å². The number of fused-ring (bicyclic) bond motifs is 3. The molecule has 22 heavy (non-hydrogen) atoms. The van der Waals surface area contributed by atoms with Crippen LogP contribution in [0.25, 0.3) is 0 Å². The summed E-state index contributed by atoms with van der Waals surface area (Å²) in [5, 5.41) is 21.1. The van der Waals surface area contributed by atoms with Crippen LogP contribution in [0.5, 0.6) is 0 Å². The maximum atomic E-state index is 10.7. The molecule has 0 radical (unpaired) electrons. The molecule has 3 rings (SSSR count). The van der Waals surface area contributed by atoms with Crippen molar-refractivity contribution < 1.29 is 10.2 Å². The van der Waals surface area contributed by atoms with E-state index in [0.29, 0.717) is 5.92 Å². The van der Waals surface area contributed by atoms with Gasteiger partial charge in [-0.25, -0.2) is 0 Å². The van der Waals surface area contributed by atoms with Gasteiger partial charge in [0.25, 0.3) is 0 Å². The molecular weight excluding hydrogens is 272 g/mol. The van der Waals surface area contributed by atoms with Crippen LogP contribution < -0.4 is 0 Å². The fourth-order valence-electron chi connectivity index (χ4n) is 4.43. The molecule has 2 aliphatic rings. The largest absolute Gasteiger partial charge is 0.392 e.